The molecular formula is C18H19N3O2S2. The number of aromatic nitrogens is 2. The van der Waals surface area contributed by atoms with Gasteiger partial charge in [-0.2, -0.15) is 0 Å². The maximum atomic E-state index is 10.5. The zero-order valence-corrected chi connectivity index (χ0v) is 15.8. The first-order valence-electron chi connectivity index (χ1n) is 8.15. The molecule has 25 heavy (non-hydrogen) atoms. The van der Waals surface area contributed by atoms with Crippen LogP contribution in [0.2, 0.25) is 0 Å². The topological polar surface area (TPSA) is 58.5 Å². The summed E-state index contributed by atoms with van der Waals surface area (Å²) in [7, 11) is 0. The van der Waals surface area contributed by atoms with E-state index in [9.17, 15) is 5.11 Å². The van der Waals surface area contributed by atoms with Crippen molar-refractivity contribution in [2.24, 2.45) is 0 Å². The van der Waals surface area contributed by atoms with Gasteiger partial charge in [-0.05, 0) is 43.7 Å². The van der Waals surface area contributed by atoms with Crippen molar-refractivity contribution in [1.82, 2.24) is 15.1 Å². The van der Waals surface area contributed by atoms with Gasteiger partial charge in [-0.3, -0.25) is 4.90 Å². The first-order valence-corrected chi connectivity index (χ1v) is 9.78. The third-order valence-corrected chi connectivity index (χ3v) is 6.02. The maximum Gasteiger partial charge on any atom is 0.165 e. The van der Waals surface area contributed by atoms with Crippen LogP contribution in [0.4, 0.5) is 0 Å². The lowest BCUT2D eigenvalue weighted by atomic mass is 10.1. The monoisotopic (exact) mass is 373 g/mol. The number of benzene rings is 1. The van der Waals surface area contributed by atoms with Crippen molar-refractivity contribution in [3.8, 4) is 21.9 Å². The number of ether oxygens (including phenoxy) is 1. The molecule has 0 radical (unpaired) electrons. The minimum Gasteiger partial charge on any atom is -0.504 e. The average molecular weight is 374 g/mol. The predicted octanol–water partition coefficient (Wildman–Crippen LogP) is 3.98. The van der Waals surface area contributed by atoms with Gasteiger partial charge in [0.25, 0.3) is 0 Å². The van der Waals surface area contributed by atoms with Gasteiger partial charge < -0.3 is 9.84 Å². The second kappa shape index (κ2) is 6.74. The fraction of sp³-hybridized carbons (Fsp3) is 0.333. The molecule has 2 aromatic heterocycles. The van der Waals surface area contributed by atoms with Crippen molar-refractivity contribution in [1.29, 1.82) is 0 Å². The fourth-order valence-corrected chi connectivity index (χ4v) is 4.62. The van der Waals surface area contributed by atoms with Gasteiger partial charge in [0.15, 0.2) is 11.5 Å². The van der Waals surface area contributed by atoms with E-state index in [0.29, 0.717) is 12.4 Å². The van der Waals surface area contributed by atoms with E-state index >= 15 is 0 Å². The number of aryl methyl sites for hydroxylation is 2. The third kappa shape index (κ3) is 3.53. The van der Waals surface area contributed by atoms with Crippen LogP contribution < -0.4 is 4.74 Å². The quantitative estimate of drug-likeness (QED) is 0.752. The molecule has 4 rings (SSSR count). The number of fused-ring (bicyclic) bond motifs is 1. The molecule has 0 aliphatic carbocycles. The van der Waals surface area contributed by atoms with Gasteiger partial charge in [0.2, 0.25) is 0 Å². The first kappa shape index (κ1) is 16.5. The average Bonchev–Trinajstić information content (AvgIpc) is 3.11. The van der Waals surface area contributed by atoms with Crippen LogP contribution in [0.25, 0.3) is 10.4 Å². The highest BCUT2D eigenvalue weighted by Crippen LogP contribution is 2.39. The van der Waals surface area contributed by atoms with E-state index in [2.05, 4.69) is 40.2 Å². The lowest BCUT2D eigenvalue weighted by Crippen LogP contribution is -2.25. The zero-order chi connectivity index (χ0) is 17.4. The van der Waals surface area contributed by atoms with Crippen LogP contribution in [0.1, 0.15) is 20.5 Å². The van der Waals surface area contributed by atoms with Gasteiger partial charge in [-0.25, -0.2) is 0 Å². The number of thiophene rings is 1. The summed E-state index contributed by atoms with van der Waals surface area (Å²) in [5.41, 5.74) is 2.05. The molecule has 0 spiro atoms. The molecule has 1 aliphatic rings. The summed E-state index contributed by atoms with van der Waals surface area (Å²) in [5.74, 6) is 0.820. The van der Waals surface area contributed by atoms with Crippen LogP contribution >= 0.6 is 22.7 Å². The van der Waals surface area contributed by atoms with Crippen LogP contribution in [0.5, 0.6) is 11.5 Å². The summed E-state index contributed by atoms with van der Waals surface area (Å²) in [4.78, 5) is 4.70. The number of phenolic OH excluding ortho intramolecular Hbond substituents is 1. The van der Waals surface area contributed by atoms with Gasteiger partial charge >= 0.3 is 0 Å². The molecule has 0 bridgehead atoms. The molecular weight excluding hydrogens is 354 g/mol. The SMILES string of the molecule is Cc1ccc(-c2cc(O)c3c(c2)CN(Cc2nnc(C)s2)CCO3)s1. The Bertz CT molecular complexity index is 904. The largest absolute Gasteiger partial charge is 0.504 e. The number of nitrogens with zero attached hydrogens (tertiary/aromatic N) is 3. The van der Waals surface area contributed by atoms with Crippen molar-refractivity contribution >= 4 is 22.7 Å². The van der Waals surface area contributed by atoms with Crippen molar-refractivity contribution in [2.45, 2.75) is 26.9 Å². The molecule has 5 nitrogen and oxygen atoms in total. The van der Waals surface area contributed by atoms with Crippen LogP contribution in [-0.2, 0) is 13.1 Å². The van der Waals surface area contributed by atoms with Crippen LogP contribution in [-0.4, -0.2) is 33.4 Å². The smallest absolute Gasteiger partial charge is 0.165 e. The Hall–Kier alpha value is -1.96. The third-order valence-electron chi connectivity index (χ3n) is 4.15. The second-order valence-corrected chi connectivity index (χ2v) is 8.72. The van der Waals surface area contributed by atoms with E-state index < -0.39 is 0 Å². The highest BCUT2D eigenvalue weighted by molar-refractivity contribution is 7.15. The normalized spacial score (nSPS) is 14.8. The van der Waals surface area contributed by atoms with Gasteiger partial charge in [-0.15, -0.1) is 32.9 Å². The Balaban J connectivity index is 1.63. The minimum absolute atomic E-state index is 0.215. The van der Waals surface area contributed by atoms with E-state index in [1.807, 2.05) is 6.92 Å². The molecule has 1 N–H and O–H groups in total. The fourth-order valence-electron chi connectivity index (χ4n) is 3.01. The van der Waals surface area contributed by atoms with Crippen molar-refractivity contribution in [3.63, 3.8) is 0 Å². The highest BCUT2D eigenvalue weighted by Gasteiger charge is 2.21. The lowest BCUT2D eigenvalue weighted by Gasteiger charge is -2.17. The number of aromatic hydroxyl groups is 1. The Morgan fingerprint density at radius 1 is 1.20 bits per heavy atom. The van der Waals surface area contributed by atoms with Gasteiger partial charge in [0, 0.05) is 28.4 Å². The van der Waals surface area contributed by atoms with E-state index in [4.69, 9.17) is 4.74 Å². The highest BCUT2D eigenvalue weighted by atomic mass is 32.1. The van der Waals surface area contributed by atoms with Crippen molar-refractivity contribution in [2.75, 3.05) is 13.2 Å². The maximum absolute atomic E-state index is 10.5. The van der Waals surface area contributed by atoms with Crippen LogP contribution in [0.3, 0.4) is 0 Å². The van der Waals surface area contributed by atoms with Crippen molar-refractivity contribution in [3.05, 3.63) is 44.7 Å². The summed E-state index contributed by atoms with van der Waals surface area (Å²) in [6.45, 7) is 6.87. The van der Waals surface area contributed by atoms with Crippen LogP contribution in [0.15, 0.2) is 24.3 Å². The molecule has 3 heterocycles. The molecule has 0 fully saturated rings. The molecule has 0 saturated heterocycles. The van der Waals surface area contributed by atoms with Crippen LogP contribution in [0, 0.1) is 13.8 Å². The van der Waals surface area contributed by atoms with E-state index in [1.54, 1.807) is 28.7 Å². The van der Waals surface area contributed by atoms with E-state index in [0.717, 1.165) is 45.7 Å². The standard InChI is InChI=1S/C18H19N3O2S2/c1-11-3-4-16(24-11)13-7-14-9-21(10-17-20-19-12(2)25-17)5-6-23-18(14)15(22)8-13/h3-4,7-8,22H,5-6,9-10H2,1-2H3. The van der Waals surface area contributed by atoms with Crippen molar-refractivity contribution < 1.29 is 9.84 Å². The molecule has 0 unspecified atom stereocenters. The Kier molecular flexibility index (Phi) is 4.45. The predicted molar refractivity (Wildman–Crippen MR) is 100 cm³/mol. The Morgan fingerprint density at radius 3 is 2.80 bits per heavy atom. The molecule has 0 atom stereocenters. The number of phenols is 1. The van der Waals surface area contributed by atoms with E-state index in [-0.39, 0.29) is 5.75 Å². The zero-order valence-electron chi connectivity index (χ0n) is 14.2. The molecule has 0 saturated carbocycles. The van der Waals surface area contributed by atoms with E-state index in [1.165, 1.54) is 4.88 Å². The molecule has 1 aromatic carbocycles. The summed E-state index contributed by atoms with van der Waals surface area (Å²) in [6, 6.07) is 8.13. The molecule has 0 amide bonds. The second-order valence-electron chi connectivity index (χ2n) is 6.17. The molecule has 7 heteroatoms. The van der Waals surface area contributed by atoms with Gasteiger partial charge in [0.1, 0.15) is 16.6 Å². The summed E-state index contributed by atoms with van der Waals surface area (Å²) < 4.78 is 5.83. The lowest BCUT2D eigenvalue weighted by molar-refractivity contribution is 0.216. The molecule has 130 valence electrons. The summed E-state index contributed by atoms with van der Waals surface area (Å²) >= 11 is 3.35. The van der Waals surface area contributed by atoms with Gasteiger partial charge in [-0.1, -0.05) is 0 Å². The molecule has 3 aromatic rings. The summed E-state index contributed by atoms with van der Waals surface area (Å²) in [6.07, 6.45) is 0. The molecule has 1 aliphatic heterocycles. The minimum atomic E-state index is 0.215. The number of rotatable bonds is 3. The van der Waals surface area contributed by atoms with Gasteiger partial charge in [0.05, 0.1) is 6.54 Å². The number of hydrogen-bond donors (Lipinski definition) is 1. The summed E-state index contributed by atoms with van der Waals surface area (Å²) in [5, 5.41) is 20.8. The Morgan fingerprint density at radius 2 is 2.08 bits per heavy atom. The Labute approximate surface area is 154 Å². The first-order chi connectivity index (χ1) is 12.1. The number of hydrogen-bond acceptors (Lipinski definition) is 7.